The first kappa shape index (κ1) is 12.9. The van der Waals surface area contributed by atoms with E-state index >= 15 is 0 Å². The van der Waals surface area contributed by atoms with Gasteiger partial charge in [0.25, 0.3) is 0 Å². The second kappa shape index (κ2) is 5.37. The van der Waals surface area contributed by atoms with E-state index in [9.17, 15) is 0 Å². The van der Waals surface area contributed by atoms with Crippen molar-refractivity contribution >= 4 is 54.6 Å². The second-order valence-electron chi connectivity index (χ2n) is 3.67. The molecule has 3 nitrogen and oxygen atoms in total. The monoisotopic (exact) mass is 375 g/mol. The van der Waals surface area contributed by atoms with Gasteiger partial charge in [-0.25, -0.2) is 0 Å². The highest BCUT2D eigenvalue weighted by molar-refractivity contribution is 9.11. The fourth-order valence-corrected chi connectivity index (χ4v) is 3.48. The van der Waals surface area contributed by atoms with Gasteiger partial charge in [-0.05, 0) is 48.9 Å². The topological polar surface area (TPSA) is 42.1 Å². The van der Waals surface area contributed by atoms with E-state index in [1.165, 1.54) is 5.56 Å². The minimum atomic E-state index is 0.677. The average molecular weight is 377 g/mol. The number of anilines is 2. The number of aromatic nitrogens is 1. The van der Waals surface area contributed by atoms with Crippen LogP contribution in [0.4, 0.5) is 11.4 Å². The van der Waals surface area contributed by atoms with Gasteiger partial charge in [0.15, 0.2) is 0 Å². The van der Waals surface area contributed by atoms with Gasteiger partial charge in [-0.3, -0.25) is 4.98 Å². The van der Waals surface area contributed by atoms with Crippen molar-refractivity contribution in [2.45, 2.75) is 6.54 Å². The van der Waals surface area contributed by atoms with E-state index in [4.69, 9.17) is 5.73 Å². The average Bonchev–Trinajstić information content (AvgIpc) is 2.63. The maximum absolute atomic E-state index is 5.94. The lowest BCUT2D eigenvalue weighted by Gasteiger charge is -2.21. The minimum Gasteiger partial charge on any atom is -0.396 e. The maximum atomic E-state index is 5.94. The number of pyridine rings is 1. The highest BCUT2D eigenvalue weighted by Gasteiger charge is 2.11. The molecule has 0 spiro atoms. The van der Waals surface area contributed by atoms with E-state index in [0.29, 0.717) is 5.69 Å². The van der Waals surface area contributed by atoms with Crippen LogP contribution in [-0.2, 0) is 6.54 Å². The molecule has 0 amide bonds. The van der Waals surface area contributed by atoms with Crippen LogP contribution in [0.1, 0.15) is 5.56 Å². The Morgan fingerprint density at radius 2 is 2.18 bits per heavy atom. The van der Waals surface area contributed by atoms with Crippen LogP contribution in [-0.4, -0.2) is 12.0 Å². The van der Waals surface area contributed by atoms with Crippen molar-refractivity contribution in [1.82, 2.24) is 4.98 Å². The Hall–Kier alpha value is -0.590. The van der Waals surface area contributed by atoms with Crippen LogP contribution in [0.25, 0.3) is 0 Å². The maximum Gasteiger partial charge on any atom is 0.0776 e. The Morgan fingerprint density at radius 1 is 1.41 bits per heavy atom. The van der Waals surface area contributed by atoms with E-state index in [2.05, 4.69) is 53.2 Å². The van der Waals surface area contributed by atoms with Crippen LogP contribution >= 0.6 is 43.2 Å². The summed E-state index contributed by atoms with van der Waals surface area (Å²) in [5, 5.41) is 2.13. The fraction of sp³-hybridized carbons (Fsp3) is 0.182. The van der Waals surface area contributed by atoms with Gasteiger partial charge < -0.3 is 10.6 Å². The molecule has 0 aliphatic rings. The van der Waals surface area contributed by atoms with E-state index in [1.54, 1.807) is 23.7 Å². The molecule has 0 atom stereocenters. The van der Waals surface area contributed by atoms with Gasteiger partial charge in [-0.1, -0.05) is 0 Å². The Morgan fingerprint density at radius 3 is 2.76 bits per heavy atom. The van der Waals surface area contributed by atoms with Crippen LogP contribution in [0.3, 0.4) is 0 Å². The van der Waals surface area contributed by atoms with Crippen molar-refractivity contribution in [3.05, 3.63) is 37.7 Å². The first-order valence-corrected chi connectivity index (χ1v) is 7.37. The molecule has 0 aliphatic carbocycles. The molecule has 2 N–H and O–H groups in total. The standard InChI is InChI=1S/C11H11Br2N3S/c1-16(5-7-2-10(13)17-6-7)11-8(12)3-15-4-9(11)14/h2-4,6H,5,14H2,1H3. The summed E-state index contributed by atoms with van der Waals surface area (Å²) in [5.74, 6) is 0. The Balaban J connectivity index is 2.22. The summed E-state index contributed by atoms with van der Waals surface area (Å²) in [7, 11) is 2.02. The molecule has 6 heteroatoms. The van der Waals surface area contributed by atoms with Crippen molar-refractivity contribution in [2.75, 3.05) is 17.7 Å². The zero-order valence-corrected chi connectivity index (χ0v) is 13.1. The molecule has 0 bridgehead atoms. The van der Waals surface area contributed by atoms with Crippen LogP contribution in [0.15, 0.2) is 32.1 Å². The van der Waals surface area contributed by atoms with Crippen LogP contribution < -0.4 is 10.6 Å². The third kappa shape index (κ3) is 3.00. The van der Waals surface area contributed by atoms with Crippen LogP contribution in [0, 0.1) is 0 Å². The van der Waals surface area contributed by atoms with Gasteiger partial charge in [0, 0.05) is 19.8 Å². The molecular weight excluding hydrogens is 366 g/mol. The number of halogens is 2. The molecule has 90 valence electrons. The highest BCUT2D eigenvalue weighted by Crippen LogP contribution is 2.32. The van der Waals surface area contributed by atoms with Gasteiger partial charge >= 0.3 is 0 Å². The third-order valence-corrected chi connectivity index (χ3v) is 4.46. The number of hydrogen-bond acceptors (Lipinski definition) is 4. The molecule has 2 heterocycles. The molecule has 0 radical (unpaired) electrons. The second-order valence-corrected chi connectivity index (χ2v) is 6.82. The molecule has 17 heavy (non-hydrogen) atoms. The summed E-state index contributed by atoms with van der Waals surface area (Å²) in [6, 6.07) is 2.12. The number of nitrogens with two attached hydrogens (primary N) is 1. The Labute approximate surface area is 121 Å². The lowest BCUT2D eigenvalue weighted by Crippen LogP contribution is -2.18. The van der Waals surface area contributed by atoms with Crippen molar-refractivity contribution in [2.24, 2.45) is 0 Å². The lowest BCUT2D eigenvalue weighted by atomic mass is 10.2. The molecular formula is C11H11Br2N3S. The van der Waals surface area contributed by atoms with Gasteiger partial charge in [0.05, 0.1) is 25.8 Å². The van der Waals surface area contributed by atoms with Crippen molar-refractivity contribution < 1.29 is 0 Å². The van der Waals surface area contributed by atoms with E-state index < -0.39 is 0 Å². The smallest absolute Gasteiger partial charge is 0.0776 e. The molecule has 0 saturated heterocycles. The summed E-state index contributed by atoms with van der Waals surface area (Å²) >= 11 is 8.62. The van der Waals surface area contributed by atoms with Crippen LogP contribution in [0.5, 0.6) is 0 Å². The first-order chi connectivity index (χ1) is 8.08. The van der Waals surface area contributed by atoms with E-state index in [0.717, 1.165) is 20.5 Å². The van der Waals surface area contributed by atoms with E-state index in [-0.39, 0.29) is 0 Å². The number of thiophene rings is 1. The van der Waals surface area contributed by atoms with Crippen LogP contribution in [0.2, 0.25) is 0 Å². The van der Waals surface area contributed by atoms with E-state index in [1.807, 2.05) is 7.05 Å². The highest BCUT2D eigenvalue weighted by atomic mass is 79.9. The van der Waals surface area contributed by atoms with Crippen molar-refractivity contribution in [1.29, 1.82) is 0 Å². The molecule has 2 aromatic heterocycles. The summed E-state index contributed by atoms with van der Waals surface area (Å²) in [6.07, 6.45) is 3.42. The molecule has 2 rings (SSSR count). The Bertz CT molecular complexity index is 507. The molecule has 0 fully saturated rings. The first-order valence-electron chi connectivity index (χ1n) is 4.91. The van der Waals surface area contributed by atoms with Gasteiger partial charge in [-0.15, -0.1) is 11.3 Å². The Kier molecular flexibility index (Phi) is 4.06. The number of nitrogens with zero attached hydrogens (tertiary/aromatic N) is 2. The quantitative estimate of drug-likeness (QED) is 0.883. The molecule has 0 saturated carbocycles. The number of hydrogen-bond donors (Lipinski definition) is 1. The molecule has 0 aliphatic heterocycles. The third-order valence-electron chi connectivity index (χ3n) is 2.32. The normalized spacial score (nSPS) is 10.5. The predicted molar refractivity (Wildman–Crippen MR) is 80.5 cm³/mol. The van der Waals surface area contributed by atoms with Gasteiger partial charge in [0.1, 0.15) is 0 Å². The zero-order chi connectivity index (χ0) is 12.4. The summed E-state index contributed by atoms with van der Waals surface area (Å²) in [4.78, 5) is 6.14. The van der Waals surface area contributed by atoms with Gasteiger partial charge in [0.2, 0.25) is 0 Å². The molecule has 0 aromatic carbocycles. The van der Waals surface area contributed by atoms with Crippen molar-refractivity contribution in [3.8, 4) is 0 Å². The molecule has 0 unspecified atom stereocenters. The van der Waals surface area contributed by atoms with Crippen molar-refractivity contribution in [3.63, 3.8) is 0 Å². The predicted octanol–water partition coefficient (Wildman–Crippen LogP) is 3.89. The SMILES string of the molecule is CN(Cc1csc(Br)c1)c1c(N)cncc1Br. The minimum absolute atomic E-state index is 0.677. The largest absolute Gasteiger partial charge is 0.396 e. The zero-order valence-electron chi connectivity index (χ0n) is 9.15. The fourth-order valence-electron chi connectivity index (χ4n) is 1.63. The summed E-state index contributed by atoms with van der Waals surface area (Å²) < 4.78 is 2.05. The molecule has 2 aromatic rings. The summed E-state index contributed by atoms with van der Waals surface area (Å²) in [5.41, 5.74) is 8.85. The lowest BCUT2D eigenvalue weighted by molar-refractivity contribution is 0.923. The number of rotatable bonds is 3. The van der Waals surface area contributed by atoms with Gasteiger partial charge in [-0.2, -0.15) is 0 Å². The number of nitrogen functional groups attached to an aromatic ring is 1. The summed E-state index contributed by atoms with van der Waals surface area (Å²) in [6.45, 7) is 0.814.